The van der Waals surface area contributed by atoms with Crippen LogP contribution in [0.15, 0.2) is 22.7 Å². The summed E-state index contributed by atoms with van der Waals surface area (Å²) in [4.78, 5) is 0. The fourth-order valence-electron chi connectivity index (χ4n) is 1.69. The van der Waals surface area contributed by atoms with Gasteiger partial charge in [0.2, 0.25) is 0 Å². The minimum atomic E-state index is -0.267. The largest absolute Gasteiger partial charge is 0.316 e. The van der Waals surface area contributed by atoms with Gasteiger partial charge in [0, 0.05) is 18.5 Å². The van der Waals surface area contributed by atoms with E-state index in [9.17, 15) is 4.39 Å². The van der Waals surface area contributed by atoms with Crippen LogP contribution < -0.4 is 5.32 Å². The highest BCUT2D eigenvalue weighted by Crippen LogP contribution is 2.27. The monoisotopic (exact) mass is 357 g/mol. The van der Waals surface area contributed by atoms with Crippen molar-refractivity contribution in [1.82, 2.24) is 15.5 Å². The first-order valence-corrected chi connectivity index (χ1v) is 8.15. The summed E-state index contributed by atoms with van der Waals surface area (Å²) in [5, 5.41) is 13.6. The Labute approximate surface area is 130 Å². The van der Waals surface area contributed by atoms with Crippen LogP contribution in [0.3, 0.4) is 0 Å². The van der Waals surface area contributed by atoms with Gasteiger partial charge in [0.25, 0.3) is 0 Å². The minimum Gasteiger partial charge on any atom is -0.316 e. The van der Waals surface area contributed by atoms with Crippen LogP contribution in [0.4, 0.5) is 4.39 Å². The molecule has 0 saturated heterocycles. The van der Waals surface area contributed by atoms with Crippen molar-refractivity contribution in [1.29, 1.82) is 0 Å². The van der Waals surface area contributed by atoms with Crippen molar-refractivity contribution in [2.24, 2.45) is 5.92 Å². The summed E-state index contributed by atoms with van der Waals surface area (Å²) in [5.41, 5.74) is 0.886. The predicted octanol–water partition coefficient (Wildman–Crippen LogP) is 3.89. The third-order valence-electron chi connectivity index (χ3n) is 2.70. The number of halogens is 2. The van der Waals surface area contributed by atoms with Crippen LogP contribution in [-0.2, 0) is 6.42 Å². The van der Waals surface area contributed by atoms with E-state index < -0.39 is 0 Å². The van der Waals surface area contributed by atoms with E-state index in [4.69, 9.17) is 0 Å². The van der Waals surface area contributed by atoms with Gasteiger partial charge < -0.3 is 5.32 Å². The van der Waals surface area contributed by atoms with Crippen molar-refractivity contribution < 1.29 is 4.39 Å². The molecular formula is C14H17BrFN3S. The van der Waals surface area contributed by atoms with Crippen LogP contribution in [0.5, 0.6) is 0 Å². The zero-order valence-corrected chi connectivity index (χ0v) is 13.9. The average molecular weight is 358 g/mol. The van der Waals surface area contributed by atoms with Gasteiger partial charge in [0.1, 0.15) is 15.8 Å². The first kappa shape index (κ1) is 15.5. The zero-order valence-electron chi connectivity index (χ0n) is 11.5. The smallest absolute Gasteiger partial charge is 0.147 e. The van der Waals surface area contributed by atoms with E-state index in [-0.39, 0.29) is 5.82 Å². The molecule has 0 aliphatic carbocycles. The van der Waals surface area contributed by atoms with Crippen LogP contribution in [-0.4, -0.2) is 23.3 Å². The maximum absolute atomic E-state index is 13.2. The molecule has 20 heavy (non-hydrogen) atoms. The Balaban J connectivity index is 1.96. The number of hydrogen-bond donors (Lipinski definition) is 1. The molecule has 1 N–H and O–H groups in total. The third-order valence-corrected chi connectivity index (χ3v) is 4.34. The normalized spacial score (nSPS) is 11.2. The van der Waals surface area contributed by atoms with Gasteiger partial charge in [-0.05, 0) is 46.6 Å². The number of aromatic nitrogens is 2. The van der Waals surface area contributed by atoms with Crippen LogP contribution >= 0.6 is 27.3 Å². The lowest BCUT2D eigenvalue weighted by molar-refractivity contribution is 0.553. The molecule has 0 unspecified atom stereocenters. The van der Waals surface area contributed by atoms with Gasteiger partial charge in [-0.3, -0.25) is 0 Å². The summed E-state index contributed by atoms with van der Waals surface area (Å²) in [7, 11) is 0. The Hall–Kier alpha value is -0.850. The molecule has 0 spiro atoms. The highest BCUT2D eigenvalue weighted by Gasteiger charge is 2.08. The molecule has 1 heterocycles. The van der Waals surface area contributed by atoms with E-state index >= 15 is 0 Å². The molecule has 0 atom stereocenters. The fraction of sp³-hybridized carbons (Fsp3) is 0.429. The number of rotatable bonds is 6. The molecule has 0 aliphatic rings. The van der Waals surface area contributed by atoms with Gasteiger partial charge >= 0.3 is 0 Å². The van der Waals surface area contributed by atoms with Crippen LogP contribution in [0.25, 0.3) is 10.6 Å². The second-order valence-corrected chi connectivity index (χ2v) is 6.89. The lowest BCUT2D eigenvalue weighted by Crippen LogP contribution is -2.22. The molecule has 2 aromatic rings. The molecule has 0 bridgehead atoms. The summed E-state index contributed by atoms with van der Waals surface area (Å²) < 4.78 is 13.7. The highest BCUT2D eigenvalue weighted by molar-refractivity contribution is 9.10. The standard InChI is InChI=1S/C14H17BrFN3S/c1-9(2)8-17-6-5-13-18-19-14(20-13)10-3-4-12(16)11(15)7-10/h3-4,7,9,17H,5-6,8H2,1-2H3. The maximum atomic E-state index is 13.2. The van der Waals surface area contributed by atoms with Crippen molar-refractivity contribution in [3.05, 3.63) is 33.5 Å². The Kier molecular flexibility index (Phi) is 5.63. The van der Waals surface area contributed by atoms with E-state index in [2.05, 4.69) is 45.3 Å². The van der Waals surface area contributed by atoms with Gasteiger partial charge in [0.15, 0.2) is 0 Å². The second-order valence-electron chi connectivity index (χ2n) is 4.98. The molecule has 3 nitrogen and oxygen atoms in total. The Bertz CT molecular complexity index is 571. The van der Waals surface area contributed by atoms with Crippen LogP contribution in [0.1, 0.15) is 18.9 Å². The van der Waals surface area contributed by atoms with Crippen LogP contribution in [0.2, 0.25) is 0 Å². The summed E-state index contributed by atoms with van der Waals surface area (Å²) in [6, 6.07) is 4.89. The van der Waals surface area contributed by atoms with E-state index in [1.165, 1.54) is 6.07 Å². The molecule has 0 amide bonds. The van der Waals surface area contributed by atoms with Gasteiger partial charge in [0.05, 0.1) is 4.47 Å². The molecule has 1 aromatic carbocycles. The van der Waals surface area contributed by atoms with E-state index in [0.29, 0.717) is 10.4 Å². The predicted molar refractivity (Wildman–Crippen MR) is 84.4 cm³/mol. The highest BCUT2D eigenvalue weighted by atomic mass is 79.9. The summed E-state index contributed by atoms with van der Waals surface area (Å²) in [6.45, 7) is 6.28. The van der Waals surface area contributed by atoms with Crippen molar-refractivity contribution >= 4 is 27.3 Å². The van der Waals surface area contributed by atoms with Crippen LogP contribution in [0, 0.1) is 11.7 Å². The van der Waals surface area contributed by atoms with E-state index in [0.717, 1.165) is 35.1 Å². The Morgan fingerprint density at radius 1 is 1.35 bits per heavy atom. The molecule has 6 heteroatoms. The van der Waals surface area contributed by atoms with Gasteiger partial charge in [-0.15, -0.1) is 10.2 Å². The van der Waals surface area contributed by atoms with Gasteiger partial charge in [-0.25, -0.2) is 4.39 Å². The molecule has 0 aliphatic heterocycles. The molecule has 108 valence electrons. The average Bonchev–Trinajstić information content (AvgIpc) is 2.86. The van der Waals surface area contributed by atoms with Gasteiger partial charge in [-0.2, -0.15) is 0 Å². The zero-order chi connectivity index (χ0) is 14.5. The molecule has 0 fully saturated rings. The lowest BCUT2D eigenvalue weighted by Gasteiger charge is -2.05. The third kappa shape index (κ3) is 4.33. The van der Waals surface area contributed by atoms with Crippen molar-refractivity contribution in [2.75, 3.05) is 13.1 Å². The molecule has 0 radical (unpaired) electrons. The Morgan fingerprint density at radius 3 is 2.85 bits per heavy atom. The summed E-state index contributed by atoms with van der Waals surface area (Å²) in [6.07, 6.45) is 0.868. The topological polar surface area (TPSA) is 37.8 Å². The molecular weight excluding hydrogens is 341 g/mol. The van der Waals surface area contributed by atoms with E-state index in [1.807, 2.05) is 0 Å². The first-order valence-electron chi connectivity index (χ1n) is 6.55. The van der Waals surface area contributed by atoms with Gasteiger partial charge in [-0.1, -0.05) is 25.2 Å². The maximum Gasteiger partial charge on any atom is 0.147 e. The number of nitrogens with one attached hydrogen (secondary N) is 1. The SMILES string of the molecule is CC(C)CNCCc1nnc(-c2ccc(F)c(Br)c2)s1. The second kappa shape index (κ2) is 7.24. The van der Waals surface area contributed by atoms with E-state index in [1.54, 1.807) is 23.5 Å². The molecule has 1 aromatic heterocycles. The summed E-state index contributed by atoms with van der Waals surface area (Å²) >= 11 is 4.74. The van der Waals surface area contributed by atoms with Crippen molar-refractivity contribution in [3.8, 4) is 10.6 Å². The number of benzene rings is 1. The summed E-state index contributed by atoms with van der Waals surface area (Å²) in [5.74, 6) is 0.382. The lowest BCUT2D eigenvalue weighted by atomic mass is 10.2. The number of hydrogen-bond acceptors (Lipinski definition) is 4. The van der Waals surface area contributed by atoms with Crippen molar-refractivity contribution in [3.63, 3.8) is 0 Å². The molecule has 2 rings (SSSR count). The molecule has 0 saturated carbocycles. The Morgan fingerprint density at radius 2 is 2.15 bits per heavy atom. The quantitative estimate of drug-likeness (QED) is 0.796. The minimum absolute atomic E-state index is 0.267. The number of nitrogens with zero attached hydrogens (tertiary/aromatic N) is 2. The van der Waals surface area contributed by atoms with Crippen molar-refractivity contribution in [2.45, 2.75) is 20.3 Å². The first-order chi connectivity index (χ1) is 9.56. The fourth-order valence-corrected chi connectivity index (χ4v) is 2.90.